The van der Waals surface area contributed by atoms with E-state index in [4.69, 9.17) is 4.42 Å². The van der Waals surface area contributed by atoms with Gasteiger partial charge in [0.25, 0.3) is 0 Å². The summed E-state index contributed by atoms with van der Waals surface area (Å²) in [6.45, 7) is 0.766. The normalized spacial score (nSPS) is 10.4. The molecule has 4 nitrogen and oxygen atoms in total. The highest BCUT2D eigenvalue weighted by molar-refractivity contribution is 9.09. The van der Waals surface area contributed by atoms with Crippen LogP contribution in [0.25, 0.3) is 11.3 Å². The van der Waals surface area contributed by atoms with E-state index in [1.165, 1.54) is 0 Å². The van der Waals surface area contributed by atoms with Crippen molar-refractivity contribution in [1.29, 1.82) is 0 Å². The molecule has 0 radical (unpaired) electrons. The van der Waals surface area contributed by atoms with E-state index >= 15 is 0 Å². The van der Waals surface area contributed by atoms with Gasteiger partial charge in [0, 0.05) is 29.8 Å². The Balaban J connectivity index is 2.07. The van der Waals surface area contributed by atoms with Gasteiger partial charge in [-0.05, 0) is 37.1 Å². The van der Waals surface area contributed by atoms with Gasteiger partial charge in [-0.3, -0.25) is 4.98 Å². The molecule has 0 amide bonds. The first kappa shape index (κ1) is 13.8. The summed E-state index contributed by atoms with van der Waals surface area (Å²) < 4.78 is 5.28. The third-order valence-electron chi connectivity index (χ3n) is 2.65. The summed E-state index contributed by atoms with van der Waals surface area (Å²) in [7, 11) is 0. The van der Waals surface area contributed by atoms with Crippen molar-refractivity contribution in [2.24, 2.45) is 0 Å². The van der Waals surface area contributed by atoms with Crippen LogP contribution < -0.4 is 10.9 Å². The second-order valence-electron chi connectivity index (χ2n) is 4.07. The maximum absolute atomic E-state index is 11.8. The SMILES string of the molecule is O=c1oc(-c2cccnc2)ccc1NCCCCBr. The Morgan fingerprint density at radius 1 is 1.26 bits per heavy atom. The van der Waals surface area contributed by atoms with Gasteiger partial charge in [0.1, 0.15) is 11.4 Å². The van der Waals surface area contributed by atoms with Gasteiger partial charge in [-0.1, -0.05) is 15.9 Å². The highest BCUT2D eigenvalue weighted by Gasteiger charge is 2.05. The predicted molar refractivity (Wildman–Crippen MR) is 79.7 cm³/mol. The van der Waals surface area contributed by atoms with Crippen LogP contribution in [-0.2, 0) is 0 Å². The standard InChI is InChI=1S/C14H15BrN2O2/c15-7-1-2-9-17-12-5-6-13(19-14(12)18)11-4-3-8-16-10-11/h3-6,8,10,17H,1-2,7,9H2. The molecule has 0 aromatic carbocycles. The van der Waals surface area contributed by atoms with E-state index in [1.807, 2.05) is 12.1 Å². The number of halogens is 1. The highest BCUT2D eigenvalue weighted by atomic mass is 79.9. The molecule has 1 N–H and O–H groups in total. The number of anilines is 1. The number of rotatable bonds is 6. The van der Waals surface area contributed by atoms with Gasteiger partial charge >= 0.3 is 5.63 Å². The summed E-state index contributed by atoms with van der Waals surface area (Å²) in [5, 5.41) is 4.06. The number of pyridine rings is 1. The molecule has 0 spiro atoms. The average Bonchev–Trinajstić information content (AvgIpc) is 2.46. The van der Waals surface area contributed by atoms with E-state index < -0.39 is 0 Å². The third kappa shape index (κ3) is 3.92. The van der Waals surface area contributed by atoms with Gasteiger partial charge in [0.2, 0.25) is 0 Å². The Morgan fingerprint density at radius 2 is 2.16 bits per heavy atom. The molecule has 2 aromatic rings. The summed E-state index contributed by atoms with van der Waals surface area (Å²) in [4.78, 5) is 15.8. The molecular formula is C14H15BrN2O2. The van der Waals surface area contributed by atoms with E-state index in [0.717, 1.165) is 30.3 Å². The van der Waals surface area contributed by atoms with Crippen molar-refractivity contribution in [3.8, 4) is 11.3 Å². The van der Waals surface area contributed by atoms with Crippen LogP contribution >= 0.6 is 15.9 Å². The summed E-state index contributed by atoms with van der Waals surface area (Å²) in [6, 6.07) is 7.20. The summed E-state index contributed by atoms with van der Waals surface area (Å²) in [5.41, 5.74) is 0.952. The fourth-order valence-corrected chi connectivity index (χ4v) is 2.05. The van der Waals surface area contributed by atoms with Gasteiger partial charge in [-0.25, -0.2) is 4.79 Å². The zero-order chi connectivity index (χ0) is 13.5. The largest absolute Gasteiger partial charge is 0.421 e. The van der Waals surface area contributed by atoms with Crippen LogP contribution in [0.3, 0.4) is 0 Å². The molecule has 0 aliphatic rings. The molecule has 5 heteroatoms. The quantitative estimate of drug-likeness (QED) is 0.655. The van der Waals surface area contributed by atoms with Crippen LogP contribution in [0.5, 0.6) is 0 Å². The smallest absolute Gasteiger partial charge is 0.359 e. The number of alkyl halides is 1. The second-order valence-corrected chi connectivity index (χ2v) is 4.86. The Labute approximate surface area is 120 Å². The number of nitrogens with one attached hydrogen (secondary N) is 1. The lowest BCUT2D eigenvalue weighted by atomic mass is 10.2. The molecule has 0 fully saturated rings. The van der Waals surface area contributed by atoms with Crippen LogP contribution in [0.15, 0.2) is 45.9 Å². The second kappa shape index (κ2) is 7.09. The zero-order valence-electron chi connectivity index (χ0n) is 10.4. The first-order chi connectivity index (χ1) is 9.31. The van der Waals surface area contributed by atoms with Crippen LogP contribution in [0, 0.1) is 0 Å². The lowest BCUT2D eigenvalue weighted by molar-refractivity contribution is 0.527. The van der Waals surface area contributed by atoms with Crippen LogP contribution in [0.4, 0.5) is 5.69 Å². The number of hydrogen-bond donors (Lipinski definition) is 1. The minimum absolute atomic E-state index is 0.347. The molecule has 0 unspecified atom stereocenters. The molecule has 2 aromatic heterocycles. The third-order valence-corrected chi connectivity index (χ3v) is 3.21. The van der Waals surface area contributed by atoms with E-state index in [0.29, 0.717) is 11.4 Å². The maximum atomic E-state index is 11.8. The molecule has 2 rings (SSSR count). The van der Waals surface area contributed by atoms with Crippen LogP contribution in [0.1, 0.15) is 12.8 Å². The fourth-order valence-electron chi connectivity index (χ4n) is 1.65. The Bertz CT molecular complexity index is 569. The van der Waals surface area contributed by atoms with Crippen molar-refractivity contribution in [3.05, 3.63) is 47.1 Å². The number of nitrogens with zero attached hydrogens (tertiary/aromatic N) is 1. The van der Waals surface area contributed by atoms with Crippen molar-refractivity contribution in [2.75, 3.05) is 17.2 Å². The number of hydrogen-bond acceptors (Lipinski definition) is 4. The monoisotopic (exact) mass is 322 g/mol. The Hall–Kier alpha value is -1.62. The molecule has 2 heterocycles. The minimum Gasteiger partial charge on any atom is -0.421 e. The molecule has 0 atom stereocenters. The van der Waals surface area contributed by atoms with Crippen molar-refractivity contribution in [1.82, 2.24) is 4.98 Å². The highest BCUT2D eigenvalue weighted by Crippen LogP contribution is 2.17. The van der Waals surface area contributed by atoms with Crippen molar-refractivity contribution in [3.63, 3.8) is 0 Å². The summed E-state index contributed by atoms with van der Waals surface area (Å²) in [6.07, 6.45) is 5.43. The van der Waals surface area contributed by atoms with Crippen molar-refractivity contribution in [2.45, 2.75) is 12.8 Å². The van der Waals surface area contributed by atoms with E-state index in [2.05, 4.69) is 26.2 Å². The fraction of sp³-hybridized carbons (Fsp3) is 0.286. The van der Waals surface area contributed by atoms with Gasteiger partial charge in [0.15, 0.2) is 0 Å². The Morgan fingerprint density at radius 3 is 2.84 bits per heavy atom. The Kier molecular flexibility index (Phi) is 5.15. The molecule has 0 bridgehead atoms. The first-order valence-corrected chi connectivity index (χ1v) is 7.28. The number of aromatic nitrogens is 1. The molecule has 0 saturated carbocycles. The molecule has 19 heavy (non-hydrogen) atoms. The number of unbranched alkanes of at least 4 members (excludes halogenated alkanes) is 1. The van der Waals surface area contributed by atoms with E-state index in [9.17, 15) is 4.79 Å². The lowest BCUT2D eigenvalue weighted by Gasteiger charge is -2.05. The van der Waals surface area contributed by atoms with Gasteiger partial charge in [-0.2, -0.15) is 0 Å². The minimum atomic E-state index is -0.347. The molecule has 100 valence electrons. The van der Waals surface area contributed by atoms with Gasteiger partial charge in [0.05, 0.1) is 0 Å². The predicted octanol–water partition coefficient (Wildman–Crippen LogP) is 3.29. The maximum Gasteiger partial charge on any atom is 0.359 e. The van der Waals surface area contributed by atoms with Crippen molar-refractivity contribution >= 4 is 21.6 Å². The van der Waals surface area contributed by atoms with E-state index in [1.54, 1.807) is 24.5 Å². The summed E-state index contributed by atoms with van der Waals surface area (Å²) in [5.74, 6) is 0.532. The molecule has 0 saturated heterocycles. The molecular weight excluding hydrogens is 308 g/mol. The van der Waals surface area contributed by atoms with Crippen LogP contribution in [-0.4, -0.2) is 16.9 Å². The van der Waals surface area contributed by atoms with Crippen LogP contribution in [0.2, 0.25) is 0 Å². The zero-order valence-corrected chi connectivity index (χ0v) is 12.0. The van der Waals surface area contributed by atoms with Gasteiger partial charge in [-0.15, -0.1) is 0 Å². The summed E-state index contributed by atoms with van der Waals surface area (Å²) >= 11 is 3.37. The lowest BCUT2D eigenvalue weighted by Crippen LogP contribution is -2.11. The molecule has 0 aliphatic carbocycles. The van der Waals surface area contributed by atoms with Gasteiger partial charge < -0.3 is 9.73 Å². The average molecular weight is 323 g/mol. The first-order valence-electron chi connectivity index (χ1n) is 6.15. The molecule has 0 aliphatic heterocycles. The van der Waals surface area contributed by atoms with Crippen molar-refractivity contribution < 1.29 is 4.42 Å². The topological polar surface area (TPSA) is 55.1 Å². The van der Waals surface area contributed by atoms with E-state index in [-0.39, 0.29) is 5.63 Å².